The lowest BCUT2D eigenvalue weighted by molar-refractivity contribution is -0.138. The number of nitrogens with zero attached hydrogens (tertiary/aromatic N) is 1. The number of carboxylic acids is 1. The van der Waals surface area contributed by atoms with Crippen LogP contribution in [0.25, 0.3) is 0 Å². The van der Waals surface area contributed by atoms with E-state index in [4.69, 9.17) is 15.6 Å². The first kappa shape index (κ1) is 10.5. The third kappa shape index (κ3) is 2.00. The quantitative estimate of drug-likeness (QED) is 0.734. The Kier molecular flexibility index (Phi) is 3.03. The van der Waals surface area contributed by atoms with Crippen LogP contribution in [0.2, 0.25) is 0 Å². The topological polar surface area (TPSA) is 85.4 Å². The second-order valence-electron chi connectivity index (χ2n) is 2.93. The number of hydrogen-bond donors (Lipinski definition) is 2. The van der Waals surface area contributed by atoms with Crippen LogP contribution in [0, 0.1) is 6.92 Å². The van der Waals surface area contributed by atoms with Crippen LogP contribution in [0.5, 0.6) is 5.88 Å². The number of aryl methyl sites for hydroxylation is 1. The van der Waals surface area contributed by atoms with Gasteiger partial charge in [0, 0.05) is 11.8 Å². The number of rotatable bonds is 3. The summed E-state index contributed by atoms with van der Waals surface area (Å²) in [5.41, 5.74) is 6.70. The van der Waals surface area contributed by atoms with Crippen molar-refractivity contribution >= 4 is 5.97 Å². The van der Waals surface area contributed by atoms with E-state index in [0.29, 0.717) is 5.56 Å². The van der Waals surface area contributed by atoms with Gasteiger partial charge < -0.3 is 15.6 Å². The van der Waals surface area contributed by atoms with Gasteiger partial charge in [-0.25, -0.2) is 4.98 Å². The Hall–Kier alpha value is -1.62. The average molecular weight is 196 g/mol. The zero-order valence-corrected chi connectivity index (χ0v) is 8.02. The number of pyridine rings is 1. The van der Waals surface area contributed by atoms with Crippen molar-refractivity contribution in [3.05, 3.63) is 23.4 Å². The molecule has 0 saturated heterocycles. The van der Waals surface area contributed by atoms with Gasteiger partial charge in [0.2, 0.25) is 5.88 Å². The molecule has 76 valence electrons. The molecule has 0 bridgehead atoms. The summed E-state index contributed by atoms with van der Waals surface area (Å²) < 4.78 is 4.92. The second-order valence-corrected chi connectivity index (χ2v) is 2.93. The van der Waals surface area contributed by atoms with Crippen molar-refractivity contribution in [3.63, 3.8) is 0 Å². The number of nitrogens with two attached hydrogens (primary N) is 1. The van der Waals surface area contributed by atoms with Crippen LogP contribution in [-0.2, 0) is 4.79 Å². The Bertz CT molecular complexity index is 352. The first-order valence-electron chi connectivity index (χ1n) is 4.05. The second kappa shape index (κ2) is 4.06. The lowest BCUT2D eigenvalue weighted by atomic mass is 10.1. The molecular formula is C9H12N2O3. The van der Waals surface area contributed by atoms with E-state index in [-0.39, 0.29) is 5.88 Å². The van der Waals surface area contributed by atoms with Crippen molar-refractivity contribution in [2.24, 2.45) is 5.73 Å². The van der Waals surface area contributed by atoms with E-state index in [9.17, 15) is 4.79 Å². The Morgan fingerprint density at radius 3 is 2.86 bits per heavy atom. The summed E-state index contributed by atoms with van der Waals surface area (Å²) in [6.45, 7) is 1.81. The van der Waals surface area contributed by atoms with Gasteiger partial charge in [0.15, 0.2) is 0 Å². The molecule has 0 aliphatic heterocycles. The third-order valence-corrected chi connectivity index (χ3v) is 1.81. The highest BCUT2D eigenvalue weighted by atomic mass is 16.5. The van der Waals surface area contributed by atoms with Crippen molar-refractivity contribution in [3.8, 4) is 5.88 Å². The highest BCUT2D eigenvalue weighted by molar-refractivity contribution is 5.76. The SMILES string of the molecule is COc1ncc(C)cc1C(N)C(=O)O. The molecule has 0 amide bonds. The molecule has 0 aliphatic carbocycles. The highest BCUT2D eigenvalue weighted by Crippen LogP contribution is 2.22. The number of hydrogen-bond acceptors (Lipinski definition) is 4. The van der Waals surface area contributed by atoms with Gasteiger partial charge in [0.1, 0.15) is 6.04 Å². The van der Waals surface area contributed by atoms with Gasteiger partial charge in [-0.2, -0.15) is 0 Å². The Balaban J connectivity index is 3.16. The minimum absolute atomic E-state index is 0.255. The predicted molar refractivity (Wildman–Crippen MR) is 50.1 cm³/mol. The number of methoxy groups -OCH3 is 1. The molecule has 5 heteroatoms. The number of carboxylic acid groups (broad SMARTS) is 1. The van der Waals surface area contributed by atoms with E-state index < -0.39 is 12.0 Å². The minimum Gasteiger partial charge on any atom is -0.481 e. The van der Waals surface area contributed by atoms with Crippen LogP contribution in [-0.4, -0.2) is 23.2 Å². The molecule has 0 aliphatic rings. The standard InChI is InChI=1S/C9H12N2O3/c1-5-3-6(7(10)9(12)13)8(14-2)11-4-5/h3-4,7H,10H2,1-2H3,(H,12,13). The number of carbonyl (C=O) groups is 1. The maximum absolute atomic E-state index is 10.7. The molecule has 1 rings (SSSR count). The molecule has 3 N–H and O–H groups in total. The van der Waals surface area contributed by atoms with Crippen LogP contribution >= 0.6 is 0 Å². The molecule has 0 aromatic carbocycles. The zero-order valence-electron chi connectivity index (χ0n) is 8.02. The first-order valence-corrected chi connectivity index (χ1v) is 4.05. The normalized spacial score (nSPS) is 12.2. The molecule has 0 fully saturated rings. The average Bonchev–Trinajstić information content (AvgIpc) is 2.16. The van der Waals surface area contributed by atoms with E-state index in [2.05, 4.69) is 4.98 Å². The molecule has 0 radical (unpaired) electrons. The van der Waals surface area contributed by atoms with Crippen LogP contribution in [0.3, 0.4) is 0 Å². The summed E-state index contributed by atoms with van der Waals surface area (Å²) in [5, 5.41) is 8.74. The van der Waals surface area contributed by atoms with Crippen molar-refractivity contribution in [2.45, 2.75) is 13.0 Å². The molecular weight excluding hydrogens is 184 g/mol. The van der Waals surface area contributed by atoms with Gasteiger partial charge in [-0.15, -0.1) is 0 Å². The third-order valence-electron chi connectivity index (χ3n) is 1.81. The summed E-state index contributed by atoms with van der Waals surface area (Å²) in [7, 11) is 1.43. The number of aliphatic carboxylic acids is 1. The lowest BCUT2D eigenvalue weighted by Gasteiger charge is -2.11. The molecule has 1 atom stereocenters. The summed E-state index contributed by atoms with van der Waals surface area (Å²) in [4.78, 5) is 14.6. The van der Waals surface area contributed by atoms with Crippen molar-refractivity contribution in [1.82, 2.24) is 4.98 Å². The molecule has 5 nitrogen and oxygen atoms in total. The van der Waals surface area contributed by atoms with Gasteiger partial charge in [-0.3, -0.25) is 4.79 Å². The molecule has 0 saturated carbocycles. The van der Waals surface area contributed by atoms with Crippen LogP contribution < -0.4 is 10.5 Å². The fourth-order valence-corrected chi connectivity index (χ4v) is 1.11. The van der Waals surface area contributed by atoms with Crippen molar-refractivity contribution in [2.75, 3.05) is 7.11 Å². The van der Waals surface area contributed by atoms with E-state index in [0.717, 1.165) is 5.56 Å². The highest BCUT2D eigenvalue weighted by Gasteiger charge is 2.19. The van der Waals surface area contributed by atoms with Gasteiger partial charge >= 0.3 is 5.97 Å². The van der Waals surface area contributed by atoms with Crippen molar-refractivity contribution < 1.29 is 14.6 Å². The summed E-state index contributed by atoms with van der Waals surface area (Å²) in [6.07, 6.45) is 1.59. The van der Waals surface area contributed by atoms with Crippen LogP contribution in [0.4, 0.5) is 0 Å². The molecule has 1 unspecified atom stereocenters. The van der Waals surface area contributed by atoms with Gasteiger partial charge in [0.25, 0.3) is 0 Å². The summed E-state index contributed by atoms with van der Waals surface area (Å²) in [6, 6.07) is 0.558. The van der Waals surface area contributed by atoms with Gasteiger partial charge in [0.05, 0.1) is 7.11 Å². The molecule has 1 heterocycles. The number of ether oxygens (including phenoxy) is 1. The Morgan fingerprint density at radius 2 is 2.36 bits per heavy atom. The van der Waals surface area contributed by atoms with Crippen LogP contribution in [0.1, 0.15) is 17.2 Å². The molecule has 0 spiro atoms. The maximum atomic E-state index is 10.7. The van der Waals surface area contributed by atoms with E-state index >= 15 is 0 Å². The molecule has 1 aromatic rings. The predicted octanol–water partition coefficient (Wildman–Crippen LogP) is 0.483. The Labute approximate surface area is 81.5 Å². The lowest BCUT2D eigenvalue weighted by Crippen LogP contribution is -2.21. The van der Waals surface area contributed by atoms with E-state index in [1.165, 1.54) is 7.11 Å². The first-order chi connectivity index (χ1) is 6.56. The Morgan fingerprint density at radius 1 is 1.71 bits per heavy atom. The molecule has 1 aromatic heterocycles. The number of aromatic nitrogens is 1. The zero-order chi connectivity index (χ0) is 10.7. The van der Waals surface area contributed by atoms with E-state index in [1.807, 2.05) is 6.92 Å². The summed E-state index contributed by atoms with van der Waals surface area (Å²) in [5.74, 6) is -0.846. The van der Waals surface area contributed by atoms with Gasteiger partial charge in [-0.05, 0) is 18.6 Å². The fourth-order valence-electron chi connectivity index (χ4n) is 1.11. The summed E-state index contributed by atoms with van der Waals surface area (Å²) >= 11 is 0. The van der Waals surface area contributed by atoms with Gasteiger partial charge in [-0.1, -0.05) is 0 Å². The maximum Gasteiger partial charge on any atom is 0.325 e. The van der Waals surface area contributed by atoms with Crippen molar-refractivity contribution in [1.29, 1.82) is 0 Å². The molecule has 14 heavy (non-hydrogen) atoms. The van der Waals surface area contributed by atoms with E-state index in [1.54, 1.807) is 12.3 Å². The smallest absolute Gasteiger partial charge is 0.325 e. The fraction of sp³-hybridized carbons (Fsp3) is 0.333. The van der Waals surface area contributed by atoms with Crippen LogP contribution in [0.15, 0.2) is 12.3 Å². The largest absolute Gasteiger partial charge is 0.481 e. The monoisotopic (exact) mass is 196 g/mol. The minimum atomic E-state index is -1.10.